The molecule has 0 aliphatic carbocycles. The summed E-state index contributed by atoms with van der Waals surface area (Å²) in [6.45, 7) is 0.486. The number of anilines is 2. The minimum atomic E-state index is -3.44. The number of rotatable bonds is 3. The molecule has 2 aromatic rings. The van der Waals surface area contributed by atoms with Gasteiger partial charge in [-0.3, -0.25) is 9.10 Å². The first-order valence-electron chi connectivity index (χ1n) is 7.44. The maximum atomic E-state index is 12.3. The maximum absolute atomic E-state index is 12.3. The standard InChI is InChI=1S/C17H15N3O4S/c1-25(22,23)20-7-8-24-16-6-5-14(10-15(16)20)19-17(21)13-4-2-3-12(9-13)11-18/h2-6,9-10H,7-8H2,1H3,(H,19,21). The minimum Gasteiger partial charge on any atom is -0.489 e. The quantitative estimate of drug-likeness (QED) is 0.905. The van der Waals surface area contributed by atoms with Crippen molar-refractivity contribution in [2.24, 2.45) is 0 Å². The summed E-state index contributed by atoms with van der Waals surface area (Å²) in [7, 11) is -3.44. The van der Waals surface area contributed by atoms with Crippen LogP contribution in [0.5, 0.6) is 5.75 Å². The average Bonchev–Trinajstić information content (AvgIpc) is 2.60. The van der Waals surface area contributed by atoms with E-state index in [1.165, 1.54) is 10.4 Å². The van der Waals surface area contributed by atoms with E-state index in [0.717, 1.165) is 6.26 Å². The van der Waals surface area contributed by atoms with Crippen molar-refractivity contribution in [1.82, 2.24) is 0 Å². The van der Waals surface area contributed by atoms with Crippen LogP contribution in [0.4, 0.5) is 11.4 Å². The van der Waals surface area contributed by atoms with Crippen molar-refractivity contribution in [3.05, 3.63) is 53.6 Å². The molecule has 0 atom stereocenters. The first-order valence-corrected chi connectivity index (χ1v) is 9.29. The number of hydrogen-bond acceptors (Lipinski definition) is 5. The molecule has 0 spiro atoms. The van der Waals surface area contributed by atoms with E-state index >= 15 is 0 Å². The van der Waals surface area contributed by atoms with E-state index in [9.17, 15) is 13.2 Å². The smallest absolute Gasteiger partial charge is 0.255 e. The van der Waals surface area contributed by atoms with E-state index in [0.29, 0.717) is 28.3 Å². The molecule has 1 N–H and O–H groups in total. The highest BCUT2D eigenvalue weighted by Gasteiger charge is 2.25. The molecule has 1 amide bonds. The highest BCUT2D eigenvalue weighted by Crippen LogP contribution is 2.35. The van der Waals surface area contributed by atoms with Gasteiger partial charge in [0, 0.05) is 11.3 Å². The Bertz CT molecular complexity index is 980. The van der Waals surface area contributed by atoms with Crippen molar-refractivity contribution < 1.29 is 17.9 Å². The van der Waals surface area contributed by atoms with Gasteiger partial charge in [0.25, 0.3) is 5.91 Å². The molecule has 25 heavy (non-hydrogen) atoms. The van der Waals surface area contributed by atoms with Crippen molar-refractivity contribution >= 4 is 27.3 Å². The van der Waals surface area contributed by atoms with Crippen LogP contribution in [0.1, 0.15) is 15.9 Å². The fraction of sp³-hybridized carbons (Fsp3) is 0.176. The van der Waals surface area contributed by atoms with Crippen LogP contribution in [-0.2, 0) is 10.0 Å². The summed E-state index contributed by atoms with van der Waals surface area (Å²) < 4.78 is 30.6. The van der Waals surface area contributed by atoms with Gasteiger partial charge in [0.1, 0.15) is 12.4 Å². The second-order valence-corrected chi connectivity index (χ2v) is 7.42. The van der Waals surface area contributed by atoms with Crippen LogP contribution in [0.2, 0.25) is 0 Å². The molecule has 128 valence electrons. The lowest BCUT2D eigenvalue weighted by Crippen LogP contribution is -2.37. The Kier molecular flexibility index (Phi) is 4.33. The fourth-order valence-electron chi connectivity index (χ4n) is 2.55. The van der Waals surface area contributed by atoms with Gasteiger partial charge in [0.15, 0.2) is 0 Å². The third-order valence-electron chi connectivity index (χ3n) is 3.69. The molecule has 1 aliphatic rings. The van der Waals surface area contributed by atoms with E-state index in [1.807, 2.05) is 6.07 Å². The van der Waals surface area contributed by atoms with E-state index in [1.54, 1.807) is 36.4 Å². The molecular formula is C17H15N3O4S. The number of sulfonamides is 1. The van der Waals surface area contributed by atoms with E-state index in [-0.39, 0.29) is 19.1 Å². The highest BCUT2D eigenvalue weighted by atomic mass is 32.2. The number of carbonyl (C=O) groups excluding carboxylic acids is 1. The second kappa shape index (κ2) is 6.45. The highest BCUT2D eigenvalue weighted by molar-refractivity contribution is 7.92. The molecule has 1 heterocycles. The lowest BCUT2D eigenvalue weighted by molar-refractivity contribution is 0.102. The third-order valence-corrected chi connectivity index (χ3v) is 4.87. The predicted octanol–water partition coefficient (Wildman–Crippen LogP) is 1.97. The number of nitrogens with zero attached hydrogens (tertiary/aromatic N) is 2. The van der Waals surface area contributed by atoms with Crippen LogP contribution in [-0.4, -0.2) is 33.7 Å². The van der Waals surface area contributed by atoms with Crippen LogP contribution in [0, 0.1) is 11.3 Å². The minimum absolute atomic E-state index is 0.216. The molecule has 2 aromatic carbocycles. The Morgan fingerprint density at radius 2 is 2.08 bits per heavy atom. The van der Waals surface area contributed by atoms with Gasteiger partial charge in [-0.25, -0.2) is 8.42 Å². The first-order chi connectivity index (χ1) is 11.9. The number of ether oxygens (including phenoxy) is 1. The Morgan fingerprint density at radius 3 is 2.80 bits per heavy atom. The number of carbonyl (C=O) groups is 1. The molecule has 3 rings (SSSR count). The lowest BCUT2D eigenvalue weighted by atomic mass is 10.1. The Labute approximate surface area is 145 Å². The normalized spacial score (nSPS) is 13.4. The van der Waals surface area contributed by atoms with Gasteiger partial charge in [0.2, 0.25) is 10.0 Å². The van der Waals surface area contributed by atoms with Crippen molar-refractivity contribution in [3.63, 3.8) is 0 Å². The number of fused-ring (bicyclic) bond motifs is 1. The van der Waals surface area contributed by atoms with Crippen molar-refractivity contribution in [2.45, 2.75) is 0 Å². The van der Waals surface area contributed by atoms with Crippen LogP contribution < -0.4 is 14.4 Å². The number of benzene rings is 2. The first kappa shape index (κ1) is 16.8. The summed E-state index contributed by atoms with van der Waals surface area (Å²) in [6, 6.07) is 13.1. The van der Waals surface area contributed by atoms with Crippen molar-refractivity contribution in [2.75, 3.05) is 29.0 Å². The van der Waals surface area contributed by atoms with Gasteiger partial charge in [-0.05, 0) is 36.4 Å². The molecular weight excluding hydrogens is 342 g/mol. The summed E-state index contributed by atoms with van der Waals surface area (Å²) in [6.07, 6.45) is 1.13. The van der Waals surface area contributed by atoms with Crippen molar-refractivity contribution in [3.8, 4) is 11.8 Å². The molecule has 0 fully saturated rings. The summed E-state index contributed by atoms with van der Waals surface area (Å²) >= 11 is 0. The third kappa shape index (κ3) is 3.56. The zero-order valence-corrected chi connectivity index (χ0v) is 14.2. The van der Waals surface area contributed by atoms with Gasteiger partial charge in [-0.1, -0.05) is 6.07 Å². The van der Waals surface area contributed by atoms with Gasteiger partial charge < -0.3 is 10.1 Å². The summed E-state index contributed by atoms with van der Waals surface area (Å²) in [4.78, 5) is 12.3. The van der Waals surface area contributed by atoms with E-state index in [4.69, 9.17) is 10.00 Å². The number of hydrogen-bond donors (Lipinski definition) is 1. The van der Waals surface area contributed by atoms with E-state index in [2.05, 4.69) is 5.32 Å². The molecule has 1 aliphatic heterocycles. The molecule has 0 radical (unpaired) electrons. The average molecular weight is 357 g/mol. The number of nitrogens with one attached hydrogen (secondary N) is 1. The van der Waals surface area contributed by atoms with Gasteiger partial charge in [-0.2, -0.15) is 5.26 Å². The SMILES string of the molecule is CS(=O)(=O)N1CCOc2ccc(NC(=O)c3cccc(C#N)c3)cc21. The number of amides is 1. The van der Waals surface area contributed by atoms with Gasteiger partial charge in [-0.15, -0.1) is 0 Å². The molecule has 0 aromatic heterocycles. The summed E-state index contributed by atoms with van der Waals surface area (Å²) in [5.74, 6) is 0.0563. The van der Waals surface area contributed by atoms with Crippen LogP contribution in [0.25, 0.3) is 0 Å². The fourth-order valence-corrected chi connectivity index (χ4v) is 3.45. The molecule has 0 bridgehead atoms. The van der Waals surface area contributed by atoms with Gasteiger partial charge >= 0.3 is 0 Å². The zero-order valence-electron chi connectivity index (χ0n) is 13.4. The Hall–Kier alpha value is -3.05. The van der Waals surface area contributed by atoms with Crippen LogP contribution >= 0.6 is 0 Å². The summed E-state index contributed by atoms with van der Waals surface area (Å²) in [5, 5.41) is 11.6. The lowest BCUT2D eigenvalue weighted by Gasteiger charge is -2.29. The topological polar surface area (TPSA) is 99.5 Å². The molecule has 0 saturated heterocycles. The van der Waals surface area contributed by atoms with E-state index < -0.39 is 10.0 Å². The molecule has 0 unspecified atom stereocenters. The second-order valence-electron chi connectivity index (χ2n) is 5.51. The monoisotopic (exact) mass is 357 g/mol. The molecule has 7 nitrogen and oxygen atoms in total. The Morgan fingerprint density at radius 1 is 1.28 bits per heavy atom. The van der Waals surface area contributed by atoms with Crippen LogP contribution in [0.3, 0.4) is 0 Å². The largest absolute Gasteiger partial charge is 0.489 e. The van der Waals surface area contributed by atoms with Gasteiger partial charge in [0.05, 0.1) is 30.1 Å². The number of nitriles is 1. The zero-order chi connectivity index (χ0) is 18.0. The maximum Gasteiger partial charge on any atom is 0.255 e. The van der Waals surface area contributed by atoms with Crippen molar-refractivity contribution in [1.29, 1.82) is 5.26 Å². The molecule has 8 heteroatoms. The van der Waals surface area contributed by atoms with Crippen LogP contribution in [0.15, 0.2) is 42.5 Å². The predicted molar refractivity (Wildman–Crippen MR) is 93.2 cm³/mol. The molecule has 0 saturated carbocycles. The Balaban J connectivity index is 1.89. The summed E-state index contributed by atoms with van der Waals surface area (Å²) in [5.41, 5.74) is 1.55.